The number of hydrazone groups is 1. The predicted molar refractivity (Wildman–Crippen MR) is 134 cm³/mol. The number of hydrogen-bond acceptors (Lipinski definition) is 7. The number of anilines is 1. The van der Waals surface area contributed by atoms with Gasteiger partial charge in [0.2, 0.25) is 0 Å². The Morgan fingerprint density at radius 2 is 1.66 bits per heavy atom. The van der Waals surface area contributed by atoms with Gasteiger partial charge in [0.05, 0.1) is 24.3 Å². The first-order valence-electron chi connectivity index (χ1n) is 11.0. The van der Waals surface area contributed by atoms with E-state index >= 15 is 0 Å². The molecule has 184 valence electrons. The molecule has 3 rings (SSSR count). The molecule has 0 spiro atoms. The van der Waals surface area contributed by atoms with E-state index in [2.05, 4.69) is 15.2 Å². The Bertz CT molecular complexity index is 1270. The minimum Gasteiger partial charge on any atom is -0.507 e. The number of carbonyl (C=O) groups is 1. The van der Waals surface area contributed by atoms with E-state index in [0.717, 1.165) is 6.42 Å². The normalized spacial score (nSPS) is 11.3. The summed E-state index contributed by atoms with van der Waals surface area (Å²) in [5.41, 5.74) is 3.36. The summed E-state index contributed by atoms with van der Waals surface area (Å²) in [6.07, 6.45) is 2.17. The van der Waals surface area contributed by atoms with Crippen LogP contribution < -0.4 is 19.6 Å². The van der Waals surface area contributed by atoms with E-state index in [9.17, 15) is 18.3 Å². The molecule has 0 bridgehead atoms. The van der Waals surface area contributed by atoms with E-state index in [4.69, 9.17) is 9.47 Å². The molecule has 3 aromatic carbocycles. The van der Waals surface area contributed by atoms with Gasteiger partial charge in [-0.1, -0.05) is 6.92 Å². The molecule has 1 amide bonds. The summed E-state index contributed by atoms with van der Waals surface area (Å²) < 4.78 is 38.4. The van der Waals surface area contributed by atoms with Gasteiger partial charge in [0.25, 0.3) is 15.9 Å². The molecule has 0 aliphatic heterocycles. The van der Waals surface area contributed by atoms with Crippen LogP contribution in [-0.2, 0) is 10.0 Å². The number of ether oxygens (including phenoxy) is 2. The van der Waals surface area contributed by atoms with Gasteiger partial charge in [0.1, 0.15) is 17.2 Å². The molecule has 0 saturated carbocycles. The fraction of sp³-hybridized carbons (Fsp3) is 0.200. The van der Waals surface area contributed by atoms with E-state index < -0.39 is 15.9 Å². The second-order valence-electron chi connectivity index (χ2n) is 7.36. The molecule has 9 nitrogen and oxygen atoms in total. The molecule has 3 aromatic rings. The lowest BCUT2D eigenvalue weighted by atomic mass is 10.2. The monoisotopic (exact) mass is 497 g/mol. The van der Waals surface area contributed by atoms with E-state index in [0.29, 0.717) is 36.0 Å². The number of sulfonamides is 1. The maximum Gasteiger partial charge on any atom is 0.271 e. The van der Waals surface area contributed by atoms with Crippen LogP contribution in [0.1, 0.15) is 36.2 Å². The van der Waals surface area contributed by atoms with E-state index in [-0.39, 0.29) is 16.2 Å². The van der Waals surface area contributed by atoms with Crippen molar-refractivity contribution in [1.29, 1.82) is 0 Å². The van der Waals surface area contributed by atoms with Crippen molar-refractivity contribution in [3.8, 4) is 17.2 Å². The van der Waals surface area contributed by atoms with Crippen LogP contribution in [0.5, 0.6) is 17.2 Å². The fourth-order valence-electron chi connectivity index (χ4n) is 2.95. The molecule has 35 heavy (non-hydrogen) atoms. The molecule has 0 atom stereocenters. The standard InChI is InChI=1S/C25H27N3O6S/c1-3-15-34-22-10-7-19(24(29)16-22)17-26-27-25(30)18-5-8-20(9-6-18)28-35(31,32)23-13-11-21(12-14-23)33-4-2/h5-14,16-17,28-29H,3-4,15H2,1-2H3,(H,27,30)/b26-17-. The average molecular weight is 498 g/mol. The minimum absolute atomic E-state index is 0.0271. The van der Waals surface area contributed by atoms with Crippen LogP contribution >= 0.6 is 0 Å². The zero-order valence-corrected chi connectivity index (χ0v) is 20.2. The summed E-state index contributed by atoms with van der Waals surface area (Å²) in [7, 11) is -3.80. The molecule has 0 aliphatic carbocycles. The van der Waals surface area contributed by atoms with Crippen molar-refractivity contribution in [2.24, 2.45) is 5.10 Å². The molecule has 0 saturated heterocycles. The molecule has 0 aliphatic rings. The van der Waals surface area contributed by atoms with Gasteiger partial charge in [0, 0.05) is 22.9 Å². The summed E-state index contributed by atoms with van der Waals surface area (Å²) in [4.78, 5) is 12.4. The molecule has 0 fully saturated rings. The van der Waals surface area contributed by atoms with Crippen LogP contribution in [0.3, 0.4) is 0 Å². The average Bonchev–Trinajstić information content (AvgIpc) is 2.84. The van der Waals surface area contributed by atoms with Crippen molar-refractivity contribution in [3.63, 3.8) is 0 Å². The smallest absolute Gasteiger partial charge is 0.271 e. The maximum absolute atomic E-state index is 12.6. The molecular weight excluding hydrogens is 470 g/mol. The van der Waals surface area contributed by atoms with Gasteiger partial charge in [0.15, 0.2) is 0 Å². The zero-order chi connectivity index (χ0) is 25.3. The van der Waals surface area contributed by atoms with Crippen molar-refractivity contribution in [3.05, 3.63) is 77.9 Å². The van der Waals surface area contributed by atoms with Gasteiger partial charge < -0.3 is 14.6 Å². The summed E-state index contributed by atoms with van der Waals surface area (Å²) in [5.74, 6) is 0.604. The number of aromatic hydroxyl groups is 1. The second-order valence-corrected chi connectivity index (χ2v) is 9.04. The SMILES string of the molecule is CCCOc1ccc(/C=N\NC(=O)c2ccc(NS(=O)(=O)c3ccc(OCC)cc3)cc2)c(O)c1. The lowest BCUT2D eigenvalue weighted by Gasteiger charge is -2.09. The number of benzene rings is 3. The van der Waals surface area contributed by atoms with Crippen molar-refractivity contribution in [2.45, 2.75) is 25.2 Å². The van der Waals surface area contributed by atoms with Crippen LogP contribution in [0.15, 0.2) is 76.7 Å². The van der Waals surface area contributed by atoms with Gasteiger partial charge in [-0.3, -0.25) is 9.52 Å². The number of nitrogens with zero attached hydrogens (tertiary/aromatic N) is 1. The Labute approximate surface area is 204 Å². The predicted octanol–water partition coefficient (Wildman–Crippen LogP) is 4.14. The molecule has 0 aromatic heterocycles. The number of carbonyl (C=O) groups excluding carboxylic acids is 1. The Morgan fingerprint density at radius 1 is 0.971 bits per heavy atom. The summed E-state index contributed by atoms with van der Waals surface area (Å²) in [6, 6.07) is 16.8. The van der Waals surface area contributed by atoms with Crippen LogP contribution in [0.2, 0.25) is 0 Å². The molecule has 3 N–H and O–H groups in total. The number of hydrogen-bond donors (Lipinski definition) is 3. The Balaban J connectivity index is 1.58. The second kappa shape index (κ2) is 11.9. The quantitative estimate of drug-likeness (QED) is 0.270. The molecule has 0 heterocycles. The van der Waals surface area contributed by atoms with Crippen LogP contribution in [-0.4, -0.2) is 38.9 Å². The molecular formula is C25H27N3O6S. The highest BCUT2D eigenvalue weighted by Crippen LogP contribution is 2.23. The molecule has 10 heteroatoms. The van der Waals surface area contributed by atoms with Crippen LogP contribution in [0.25, 0.3) is 0 Å². The molecule has 0 unspecified atom stereocenters. The Morgan fingerprint density at radius 3 is 2.29 bits per heavy atom. The van der Waals surface area contributed by atoms with Gasteiger partial charge in [-0.05, 0) is 74.0 Å². The minimum atomic E-state index is -3.80. The lowest BCUT2D eigenvalue weighted by Crippen LogP contribution is -2.18. The van der Waals surface area contributed by atoms with Gasteiger partial charge in [-0.2, -0.15) is 5.10 Å². The van der Waals surface area contributed by atoms with Gasteiger partial charge >= 0.3 is 0 Å². The van der Waals surface area contributed by atoms with Crippen molar-refractivity contribution in [1.82, 2.24) is 5.43 Å². The van der Waals surface area contributed by atoms with E-state index in [1.807, 2.05) is 13.8 Å². The van der Waals surface area contributed by atoms with Crippen molar-refractivity contribution >= 4 is 27.8 Å². The lowest BCUT2D eigenvalue weighted by molar-refractivity contribution is 0.0955. The van der Waals surface area contributed by atoms with Crippen LogP contribution in [0.4, 0.5) is 5.69 Å². The first-order valence-corrected chi connectivity index (χ1v) is 12.5. The molecule has 0 radical (unpaired) electrons. The van der Waals surface area contributed by atoms with E-state index in [1.165, 1.54) is 48.7 Å². The first-order chi connectivity index (χ1) is 16.8. The largest absolute Gasteiger partial charge is 0.507 e. The fourth-order valence-corrected chi connectivity index (χ4v) is 4.01. The van der Waals surface area contributed by atoms with E-state index in [1.54, 1.807) is 24.3 Å². The summed E-state index contributed by atoms with van der Waals surface area (Å²) >= 11 is 0. The summed E-state index contributed by atoms with van der Waals surface area (Å²) in [6.45, 7) is 4.86. The first kappa shape index (κ1) is 25.6. The zero-order valence-electron chi connectivity index (χ0n) is 19.4. The van der Waals surface area contributed by atoms with Crippen molar-refractivity contribution < 1.29 is 27.8 Å². The third-order valence-corrected chi connectivity index (χ3v) is 6.09. The number of amides is 1. The Hall–Kier alpha value is -4.05. The number of phenolic OH excluding ortho intramolecular Hbond substituents is 1. The highest BCUT2D eigenvalue weighted by molar-refractivity contribution is 7.92. The van der Waals surface area contributed by atoms with Crippen LogP contribution in [0, 0.1) is 0 Å². The maximum atomic E-state index is 12.6. The topological polar surface area (TPSA) is 126 Å². The van der Waals surface area contributed by atoms with Gasteiger partial charge in [-0.25, -0.2) is 13.8 Å². The Kier molecular flexibility index (Phi) is 8.69. The van der Waals surface area contributed by atoms with Gasteiger partial charge in [-0.15, -0.1) is 0 Å². The highest BCUT2D eigenvalue weighted by Gasteiger charge is 2.15. The number of nitrogens with one attached hydrogen (secondary N) is 2. The third kappa shape index (κ3) is 7.21. The highest BCUT2D eigenvalue weighted by atomic mass is 32.2. The summed E-state index contributed by atoms with van der Waals surface area (Å²) in [5, 5.41) is 13.9. The third-order valence-electron chi connectivity index (χ3n) is 4.69. The van der Waals surface area contributed by atoms with Crippen molar-refractivity contribution in [2.75, 3.05) is 17.9 Å². The number of phenols is 1. The number of rotatable bonds is 11.